The Morgan fingerprint density at radius 2 is 2.08 bits per heavy atom. The van der Waals surface area contributed by atoms with E-state index in [1.54, 1.807) is 4.68 Å². The molecule has 0 saturated heterocycles. The maximum absolute atomic E-state index is 4.75. The molecule has 0 aliphatic carbocycles. The minimum Gasteiger partial charge on any atom is -0.364 e. The lowest BCUT2D eigenvalue weighted by Crippen LogP contribution is -2.18. The van der Waals surface area contributed by atoms with Gasteiger partial charge in [0, 0.05) is 31.0 Å². The van der Waals surface area contributed by atoms with Gasteiger partial charge in [-0.3, -0.25) is 4.68 Å². The van der Waals surface area contributed by atoms with Crippen LogP contribution in [0.1, 0.15) is 32.3 Å². The van der Waals surface area contributed by atoms with Crippen molar-refractivity contribution in [1.82, 2.24) is 29.3 Å². The fourth-order valence-corrected chi connectivity index (χ4v) is 3.68. The van der Waals surface area contributed by atoms with Crippen LogP contribution in [0.5, 0.6) is 0 Å². The van der Waals surface area contributed by atoms with Gasteiger partial charge in [-0.25, -0.2) is 15.0 Å². The molecule has 1 aliphatic rings. The second-order valence-corrected chi connectivity index (χ2v) is 8.12. The molecule has 0 aromatic carbocycles. The van der Waals surface area contributed by atoms with E-state index >= 15 is 0 Å². The first-order valence-electron chi connectivity index (χ1n) is 8.05. The van der Waals surface area contributed by atoms with E-state index in [2.05, 4.69) is 51.9 Å². The van der Waals surface area contributed by atoms with Crippen molar-refractivity contribution in [2.24, 2.45) is 7.05 Å². The molecule has 4 rings (SSSR count). The Hall–Kier alpha value is -2.09. The summed E-state index contributed by atoms with van der Waals surface area (Å²) in [6.07, 6.45) is 3.93. The fraction of sp³-hybridized carbons (Fsp3) is 0.500. The number of anilines is 1. The van der Waals surface area contributed by atoms with E-state index in [9.17, 15) is 0 Å². The van der Waals surface area contributed by atoms with Gasteiger partial charge in [0.25, 0.3) is 0 Å². The molecule has 0 spiro atoms. The zero-order valence-corrected chi connectivity index (χ0v) is 15.2. The monoisotopic (exact) mass is 343 g/mol. The molecule has 0 amide bonds. The van der Waals surface area contributed by atoms with Crippen LogP contribution in [0.25, 0.3) is 11.0 Å². The first-order valence-corrected chi connectivity index (χ1v) is 9.03. The number of hydrogen-bond donors (Lipinski definition) is 1. The molecule has 0 fully saturated rings. The maximum atomic E-state index is 4.75. The number of fused-ring (bicyclic) bond motifs is 2. The molecule has 126 valence electrons. The average molecular weight is 343 g/mol. The Labute approximate surface area is 144 Å². The topological polar surface area (TPSA) is 73.5 Å². The van der Waals surface area contributed by atoms with E-state index in [-0.39, 0.29) is 5.41 Å². The van der Waals surface area contributed by atoms with Crippen molar-refractivity contribution in [3.63, 3.8) is 0 Å². The molecule has 0 radical (unpaired) electrons. The zero-order valence-electron chi connectivity index (χ0n) is 14.4. The minimum atomic E-state index is -0.124. The van der Waals surface area contributed by atoms with Gasteiger partial charge in [-0.05, 0) is 0 Å². The summed E-state index contributed by atoms with van der Waals surface area (Å²) in [5.41, 5.74) is 1.76. The summed E-state index contributed by atoms with van der Waals surface area (Å²) in [7, 11) is 1.91. The van der Waals surface area contributed by atoms with Crippen LogP contribution in [0.3, 0.4) is 0 Å². The van der Waals surface area contributed by atoms with Gasteiger partial charge >= 0.3 is 0 Å². The Morgan fingerprint density at radius 1 is 1.25 bits per heavy atom. The first kappa shape index (κ1) is 15.4. The van der Waals surface area contributed by atoms with Crippen molar-refractivity contribution in [1.29, 1.82) is 0 Å². The van der Waals surface area contributed by atoms with Gasteiger partial charge in [0.15, 0.2) is 10.8 Å². The van der Waals surface area contributed by atoms with E-state index in [1.807, 2.05) is 25.0 Å². The highest BCUT2D eigenvalue weighted by atomic mass is 32.2. The summed E-state index contributed by atoms with van der Waals surface area (Å²) in [6, 6.07) is 0. The van der Waals surface area contributed by atoms with Crippen LogP contribution in [0, 0.1) is 0 Å². The summed E-state index contributed by atoms with van der Waals surface area (Å²) >= 11 is 1.81. The van der Waals surface area contributed by atoms with Crippen LogP contribution in [-0.4, -0.2) is 35.1 Å². The summed E-state index contributed by atoms with van der Waals surface area (Å²) in [4.78, 5) is 14.1. The number of nitrogens with one attached hydrogen (secondary N) is 1. The third-order valence-corrected chi connectivity index (χ3v) is 5.02. The molecule has 1 N–H and O–H groups in total. The summed E-state index contributed by atoms with van der Waals surface area (Å²) < 4.78 is 4.00. The number of aromatic nitrogens is 6. The highest BCUT2D eigenvalue weighted by molar-refractivity contribution is 7.99. The molecule has 3 aromatic rings. The Morgan fingerprint density at radius 3 is 2.83 bits per heavy atom. The van der Waals surface area contributed by atoms with E-state index in [4.69, 9.17) is 4.98 Å². The van der Waals surface area contributed by atoms with Crippen molar-refractivity contribution in [3.05, 3.63) is 23.9 Å². The highest BCUT2D eigenvalue weighted by Crippen LogP contribution is 2.27. The quantitative estimate of drug-likeness (QED) is 0.788. The van der Waals surface area contributed by atoms with Crippen molar-refractivity contribution < 1.29 is 0 Å². The number of hydrogen-bond acceptors (Lipinski definition) is 6. The smallest absolute Gasteiger partial charge is 0.168 e. The van der Waals surface area contributed by atoms with E-state index in [0.717, 1.165) is 45.8 Å². The van der Waals surface area contributed by atoms with Gasteiger partial charge in [-0.15, -0.1) is 0 Å². The van der Waals surface area contributed by atoms with Crippen LogP contribution >= 0.6 is 11.8 Å². The largest absolute Gasteiger partial charge is 0.364 e. The fourth-order valence-electron chi connectivity index (χ4n) is 2.71. The summed E-state index contributed by atoms with van der Waals surface area (Å²) in [6.45, 7) is 8.04. The standard InChI is InChI=1S/C16H21N7S/c1-16(2,3)14-20-12(11-8-18-22(4)13(11)21-14)17-7-10-9-23-5-6-24-15(23)19-10/h8-9H,5-7H2,1-4H3,(H,17,20,21). The van der Waals surface area contributed by atoms with Crippen LogP contribution in [0.4, 0.5) is 5.82 Å². The molecule has 24 heavy (non-hydrogen) atoms. The molecule has 0 bridgehead atoms. The van der Waals surface area contributed by atoms with Gasteiger partial charge in [-0.1, -0.05) is 32.5 Å². The molecule has 7 nitrogen and oxygen atoms in total. The summed E-state index contributed by atoms with van der Waals surface area (Å²) in [5.74, 6) is 2.75. The predicted molar refractivity (Wildman–Crippen MR) is 95.3 cm³/mol. The predicted octanol–water partition coefficient (Wildman–Crippen LogP) is 2.58. The second-order valence-electron chi connectivity index (χ2n) is 7.06. The summed E-state index contributed by atoms with van der Waals surface area (Å²) in [5, 5.41) is 9.80. The third-order valence-electron chi connectivity index (χ3n) is 4.05. The third kappa shape index (κ3) is 2.64. The molecule has 0 saturated carbocycles. The SMILES string of the molecule is Cn1ncc2c(NCc3cn4c(n3)SCC4)nc(C(C)(C)C)nc21. The molecule has 4 heterocycles. The number of rotatable bonds is 3. The Balaban J connectivity index is 1.67. The molecule has 3 aromatic heterocycles. The molecular formula is C16H21N7S. The van der Waals surface area contributed by atoms with Crippen LogP contribution in [0.2, 0.25) is 0 Å². The minimum absolute atomic E-state index is 0.124. The van der Waals surface area contributed by atoms with Crippen molar-refractivity contribution in [2.45, 2.75) is 44.4 Å². The number of nitrogens with zero attached hydrogens (tertiary/aromatic N) is 6. The molecule has 0 atom stereocenters. The molecule has 1 aliphatic heterocycles. The lowest BCUT2D eigenvalue weighted by atomic mass is 9.95. The van der Waals surface area contributed by atoms with E-state index in [1.165, 1.54) is 0 Å². The normalized spacial score (nSPS) is 14.3. The van der Waals surface area contributed by atoms with Gasteiger partial charge < -0.3 is 9.88 Å². The molecule has 8 heteroatoms. The number of aryl methyl sites for hydroxylation is 2. The van der Waals surface area contributed by atoms with Crippen LogP contribution in [0.15, 0.2) is 17.6 Å². The van der Waals surface area contributed by atoms with Gasteiger partial charge in [0.1, 0.15) is 11.6 Å². The van der Waals surface area contributed by atoms with Gasteiger partial charge in [-0.2, -0.15) is 5.10 Å². The van der Waals surface area contributed by atoms with E-state index < -0.39 is 0 Å². The molecular weight excluding hydrogens is 322 g/mol. The lowest BCUT2D eigenvalue weighted by Gasteiger charge is -2.18. The Kier molecular flexibility index (Phi) is 3.52. The van der Waals surface area contributed by atoms with Crippen LogP contribution in [-0.2, 0) is 25.6 Å². The van der Waals surface area contributed by atoms with Crippen LogP contribution < -0.4 is 5.32 Å². The first-order chi connectivity index (χ1) is 11.4. The zero-order chi connectivity index (χ0) is 16.9. The van der Waals surface area contributed by atoms with E-state index in [0.29, 0.717) is 6.54 Å². The number of imidazole rings is 1. The average Bonchev–Trinajstić information content (AvgIpc) is 3.19. The maximum Gasteiger partial charge on any atom is 0.168 e. The van der Waals surface area contributed by atoms with Crippen molar-refractivity contribution >= 4 is 28.6 Å². The highest BCUT2D eigenvalue weighted by Gasteiger charge is 2.21. The lowest BCUT2D eigenvalue weighted by molar-refractivity contribution is 0.547. The number of thioether (sulfide) groups is 1. The van der Waals surface area contributed by atoms with Crippen molar-refractivity contribution in [2.75, 3.05) is 11.1 Å². The van der Waals surface area contributed by atoms with Crippen molar-refractivity contribution in [3.8, 4) is 0 Å². The second kappa shape index (κ2) is 5.47. The molecule has 0 unspecified atom stereocenters. The van der Waals surface area contributed by atoms with Gasteiger partial charge in [0.2, 0.25) is 0 Å². The Bertz CT molecular complexity index is 882. The van der Waals surface area contributed by atoms with Gasteiger partial charge in [0.05, 0.1) is 23.8 Å².